The van der Waals surface area contributed by atoms with E-state index in [9.17, 15) is 9.59 Å². The van der Waals surface area contributed by atoms with E-state index in [2.05, 4.69) is 5.32 Å². The molecule has 1 heterocycles. The summed E-state index contributed by atoms with van der Waals surface area (Å²) >= 11 is 0. The summed E-state index contributed by atoms with van der Waals surface area (Å²) in [5.74, 6) is -0.238. The fraction of sp³-hybridized carbons (Fsp3) is 0.818. The highest BCUT2D eigenvalue weighted by Crippen LogP contribution is 2.19. The molecule has 1 atom stereocenters. The topological polar surface area (TPSA) is 75.4 Å². The maximum atomic E-state index is 12.1. The van der Waals surface area contributed by atoms with Gasteiger partial charge in [0.1, 0.15) is 5.54 Å². The Morgan fingerprint density at radius 2 is 2.25 bits per heavy atom. The van der Waals surface area contributed by atoms with Crippen LogP contribution in [0.3, 0.4) is 0 Å². The summed E-state index contributed by atoms with van der Waals surface area (Å²) in [7, 11) is 0. The minimum Gasteiger partial charge on any atom is -0.352 e. The average molecular weight is 227 g/mol. The molecule has 0 aromatic rings. The van der Waals surface area contributed by atoms with Crippen molar-refractivity contribution in [2.45, 2.75) is 45.2 Å². The quantitative estimate of drug-likeness (QED) is 0.704. The van der Waals surface area contributed by atoms with Gasteiger partial charge in [-0.15, -0.1) is 0 Å². The van der Waals surface area contributed by atoms with Gasteiger partial charge in [0.05, 0.1) is 6.04 Å². The number of carbonyl (C=O) groups is 2. The molecule has 0 radical (unpaired) electrons. The first-order chi connectivity index (χ1) is 7.41. The van der Waals surface area contributed by atoms with E-state index in [-0.39, 0.29) is 11.8 Å². The van der Waals surface area contributed by atoms with Gasteiger partial charge in [-0.05, 0) is 20.3 Å². The number of rotatable bonds is 3. The van der Waals surface area contributed by atoms with Crippen LogP contribution in [0.25, 0.3) is 0 Å². The van der Waals surface area contributed by atoms with E-state index in [1.54, 1.807) is 18.7 Å². The maximum Gasteiger partial charge on any atom is 0.245 e. The number of piperazine rings is 1. The van der Waals surface area contributed by atoms with Crippen molar-refractivity contribution >= 4 is 11.8 Å². The van der Waals surface area contributed by atoms with Crippen molar-refractivity contribution in [1.29, 1.82) is 0 Å². The number of nitrogens with one attached hydrogen (secondary N) is 1. The molecule has 0 aliphatic carbocycles. The Balaban J connectivity index is 2.78. The third-order valence-electron chi connectivity index (χ3n) is 3.03. The number of hydrogen-bond acceptors (Lipinski definition) is 3. The van der Waals surface area contributed by atoms with E-state index in [0.717, 1.165) is 6.42 Å². The monoisotopic (exact) mass is 227 g/mol. The molecular formula is C11H21N3O2. The molecule has 1 saturated heterocycles. The molecule has 0 aromatic carbocycles. The molecule has 0 unspecified atom stereocenters. The zero-order valence-corrected chi connectivity index (χ0v) is 10.2. The van der Waals surface area contributed by atoms with Crippen LogP contribution in [-0.4, -0.2) is 41.4 Å². The number of amides is 2. The van der Waals surface area contributed by atoms with Crippen molar-refractivity contribution in [2.75, 3.05) is 13.1 Å². The van der Waals surface area contributed by atoms with Gasteiger partial charge in [0.15, 0.2) is 0 Å². The van der Waals surface area contributed by atoms with Gasteiger partial charge < -0.3 is 16.0 Å². The smallest absolute Gasteiger partial charge is 0.245 e. The predicted octanol–water partition coefficient (Wildman–Crippen LogP) is -0.149. The Morgan fingerprint density at radius 1 is 1.62 bits per heavy atom. The van der Waals surface area contributed by atoms with Gasteiger partial charge in [0.25, 0.3) is 0 Å². The van der Waals surface area contributed by atoms with Crippen molar-refractivity contribution < 1.29 is 9.59 Å². The Labute approximate surface area is 96.4 Å². The second-order valence-corrected chi connectivity index (χ2v) is 4.70. The second kappa shape index (κ2) is 4.82. The number of carbonyl (C=O) groups excluding carboxylic acids is 2. The average Bonchev–Trinajstić information content (AvgIpc) is 2.21. The van der Waals surface area contributed by atoms with Crippen LogP contribution in [-0.2, 0) is 9.59 Å². The van der Waals surface area contributed by atoms with Crippen molar-refractivity contribution in [3.8, 4) is 0 Å². The van der Waals surface area contributed by atoms with E-state index >= 15 is 0 Å². The second-order valence-electron chi connectivity index (χ2n) is 4.70. The predicted molar refractivity (Wildman–Crippen MR) is 61.7 cm³/mol. The first-order valence-electron chi connectivity index (χ1n) is 5.76. The molecule has 16 heavy (non-hydrogen) atoms. The molecule has 1 fully saturated rings. The maximum absolute atomic E-state index is 12.1. The normalized spacial score (nSPS) is 21.5. The highest BCUT2D eigenvalue weighted by molar-refractivity contribution is 5.93. The van der Waals surface area contributed by atoms with Crippen LogP contribution in [0, 0.1) is 0 Å². The van der Waals surface area contributed by atoms with Gasteiger partial charge in [0.2, 0.25) is 11.8 Å². The van der Waals surface area contributed by atoms with E-state index in [1.807, 2.05) is 6.92 Å². The third-order valence-corrected chi connectivity index (χ3v) is 3.03. The van der Waals surface area contributed by atoms with E-state index in [4.69, 9.17) is 5.73 Å². The minimum atomic E-state index is -0.791. The number of nitrogens with two attached hydrogens (primary N) is 1. The molecule has 1 aliphatic heterocycles. The largest absolute Gasteiger partial charge is 0.352 e. The first kappa shape index (κ1) is 13.0. The van der Waals surface area contributed by atoms with E-state index in [1.165, 1.54) is 0 Å². The molecule has 0 saturated carbocycles. The fourth-order valence-electron chi connectivity index (χ4n) is 1.92. The van der Waals surface area contributed by atoms with Crippen LogP contribution in [0.4, 0.5) is 0 Å². The summed E-state index contributed by atoms with van der Waals surface area (Å²) < 4.78 is 0. The summed E-state index contributed by atoms with van der Waals surface area (Å²) in [6, 6.07) is -0.491. The molecule has 0 aromatic heterocycles. The lowest BCUT2D eigenvalue weighted by Crippen LogP contribution is -2.65. The summed E-state index contributed by atoms with van der Waals surface area (Å²) in [5, 5.41) is 2.75. The standard InChI is InChI=1S/C11H21N3O2/c1-4-5-8(12)9(15)14-7-6-13-10(16)11(14,2)3/h8H,4-7,12H2,1-3H3,(H,13,16)/t8-/m0/s1. The van der Waals surface area contributed by atoms with E-state index in [0.29, 0.717) is 19.5 Å². The fourth-order valence-corrected chi connectivity index (χ4v) is 1.92. The van der Waals surface area contributed by atoms with Gasteiger partial charge in [-0.3, -0.25) is 9.59 Å². The lowest BCUT2D eigenvalue weighted by Gasteiger charge is -2.42. The van der Waals surface area contributed by atoms with Gasteiger partial charge in [-0.25, -0.2) is 0 Å². The van der Waals surface area contributed by atoms with Gasteiger partial charge in [-0.1, -0.05) is 13.3 Å². The highest BCUT2D eigenvalue weighted by Gasteiger charge is 2.41. The molecule has 92 valence electrons. The zero-order chi connectivity index (χ0) is 12.3. The molecule has 1 aliphatic rings. The summed E-state index contributed by atoms with van der Waals surface area (Å²) in [6.07, 6.45) is 1.53. The molecule has 5 nitrogen and oxygen atoms in total. The Morgan fingerprint density at radius 3 is 2.81 bits per heavy atom. The molecular weight excluding hydrogens is 206 g/mol. The molecule has 5 heteroatoms. The SMILES string of the molecule is CCC[C@H](N)C(=O)N1CCNC(=O)C1(C)C. The van der Waals surface area contributed by atoms with Crippen molar-refractivity contribution in [1.82, 2.24) is 10.2 Å². The Bertz CT molecular complexity index is 289. The Hall–Kier alpha value is -1.10. The van der Waals surface area contributed by atoms with Crippen molar-refractivity contribution in [3.05, 3.63) is 0 Å². The summed E-state index contributed by atoms with van der Waals surface area (Å²) in [6.45, 7) is 6.53. The van der Waals surface area contributed by atoms with Gasteiger partial charge >= 0.3 is 0 Å². The number of hydrogen-bond donors (Lipinski definition) is 2. The molecule has 1 rings (SSSR count). The van der Waals surface area contributed by atoms with E-state index < -0.39 is 11.6 Å². The van der Waals surface area contributed by atoms with Crippen LogP contribution in [0.2, 0.25) is 0 Å². The van der Waals surface area contributed by atoms with Crippen molar-refractivity contribution in [2.24, 2.45) is 5.73 Å². The summed E-state index contributed by atoms with van der Waals surface area (Å²) in [4.78, 5) is 25.3. The van der Waals surface area contributed by atoms with Crippen LogP contribution < -0.4 is 11.1 Å². The zero-order valence-electron chi connectivity index (χ0n) is 10.2. The molecule has 3 N–H and O–H groups in total. The molecule has 0 spiro atoms. The van der Waals surface area contributed by atoms with Crippen LogP contribution in [0.15, 0.2) is 0 Å². The lowest BCUT2D eigenvalue weighted by molar-refractivity contribution is -0.150. The molecule has 0 bridgehead atoms. The minimum absolute atomic E-state index is 0.115. The highest BCUT2D eigenvalue weighted by atomic mass is 16.2. The third kappa shape index (κ3) is 2.35. The first-order valence-corrected chi connectivity index (χ1v) is 5.76. The van der Waals surface area contributed by atoms with Crippen LogP contribution >= 0.6 is 0 Å². The lowest BCUT2D eigenvalue weighted by atomic mass is 9.97. The van der Waals surface area contributed by atoms with Crippen LogP contribution in [0.5, 0.6) is 0 Å². The van der Waals surface area contributed by atoms with Crippen LogP contribution in [0.1, 0.15) is 33.6 Å². The van der Waals surface area contributed by atoms with Gasteiger partial charge in [0, 0.05) is 13.1 Å². The van der Waals surface area contributed by atoms with Gasteiger partial charge in [-0.2, -0.15) is 0 Å². The summed E-state index contributed by atoms with van der Waals surface area (Å²) in [5.41, 5.74) is 5.01. The number of nitrogens with zero attached hydrogens (tertiary/aromatic N) is 1. The Kier molecular flexibility index (Phi) is 3.91. The molecule has 2 amide bonds. The van der Waals surface area contributed by atoms with Crippen molar-refractivity contribution in [3.63, 3.8) is 0 Å².